The van der Waals surface area contributed by atoms with E-state index in [1.165, 1.54) is 0 Å². The van der Waals surface area contributed by atoms with E-state index >= 15 is 0 Å². The van der Waals surface area contributed by atoms with Crippen molar-refractivity contribution < 1.29 is 4.79 Å². The molecule has 0 aliphatic heterocycles. The van der Waals surface area contributed by atoms with Gasteiger partial charge in [-0.3, -0.25) is 4.79 Å². The molecule has 0 saturated heterocycles. The zero-order valence-corrected chi connectivity index (χ0v) is 11.3. The summed E-state index contributed by atoms with van der Waals surface area (Å²) in [6, 6.07) is 0. The van der Waals surface area contributed by atoms with Crippen molar-refractivity contribution >= 4 is 5.91 Å². The molecular weight excluding hydrogens is 188 g/mol. The molecule has 1 amide bonds. The highest BCUT2D eigenvalue weighted by Crippen LogP contribution is 1.94. The van der Waals surface area contributed by atoms with E-state index in [0.29, 0.717) is 6.42 Å². The van der Waals surface area contributed by atoms with Crippen molar-refractivity contribution in [3.63, 3.8) is 0 Å². The van der Waals surface area contributed by atoms with Gasteiger partial charge in [0.05, 0.1) is 0 Å². The SMILES string of the molecule is CC.CCCC(=O)N(C)CCN(C)CC. The van der Waals surface area contributed by atoms with Gasteiger partial charge in [-0.1, -0.05) is 27.7 Å². The Morgan fingerprint density at radius 2 is 1.60 bits per heavy atom. The molecule has 0 aromatic rings. The predicted octanol–water partition coefficient (Wildman–Crippen LogP) is 2.22. The van der Waals surface area contributed by atoms with Crippen molar-refractivity contribution in [3.8, 4) is 0 Å². The molecule has 0 heterocycles. The zero-order chi connectivity index (χ0) is 12.3. The number of amides is 1. The number of hydrogen-bond donors (Lipinski definition) is 0. The smallest absolute Gasteiger partial charge is 0.222 e. The van der Waals surface area contributed by atoms with Crippen LogP contribution >= 0.6 is 0 Å². The molecule has 92 valence electrons. The molecule has 3 heteroatoms. The molecular formula is C12H28N2O. The molecule has 0 aliphatic rings. The molecule has 0 aliphatic carbocycles. The van der Waals surface area contributed by atoms with Crippen molar-refractivity contribution in [2.24, 2.45) is 0 Å². The topological polar surface area (TPSA) is 23.6 Å². The summed E-state index contributed by atoms with van der Waals surface area (Å²) in [7, 11) is 3.94. The van der Waals surface area contributed by atoms with Crippen molar-refractivity contribution in [1.82, 2.24) is 9.80 Å². The van der Waals surface area contributed by atoms with Gasteiger partial charge in [0.15, 0.2) is 0 Å². The lowest BCUT2D eigenvalue weighted by atomic mass is 10.3. The standard InChI is InChI=1S/C10H22N2O.C2H6/c1-5-7-10(13)12(4)9-8-11(3)6-2;1-2/h5-9H2,1-4H3;1-2H3. The highest BCUT2D eigenvalue weighted by atomic mass is 16.2. The van der Waals surface area contributed by atoms with Gasteiger partial charge in [-0.15, -0.1) is 0 Å². The van der Waals surface area contributed by atoms with Crippen LogP contribution in [0.1, 0.15) is 40.5 Å². The van der Waals surface area contributed by atoms with Gasteiger partial charge in [0.1, 0.15) is 0 Å². The van der Waals surface area contributed by atoms with Crippen LogP contribution in [0.15, 0.2) is 0 Å². The third-order valence-electron chi connectivity index (χ3n) is 2.25. The average Bonchev–Trinajstić information content (AvgIpc) is 2.28. The van der Waals surface area contributed by atoms with Crippen LogP contribution < -0.4 is 0 Å². The normalized spacial score (nSPS) is 9.53. The van der Waals surface area contributed by atoms with Gasteiger partial charge in [-0.25, -0.2) is 0 Å². The summed E-state index contributed by atoms with van der Waals surface area (Å²) >= 11 is 0. The second-order valence-corrected chi connectivity index (χ2v) is 3.46. The summed E-state index contributed by atoms with van der Waals surface area (Å²) in [5.41, 5.74) is 0. The van der Waals surface area contributed by atoms with Crippen LogP contribution in [-0.2, 0) is 4.79 Å². The summed E-state index contributed by atoms with van der Waals surface area (Å²) in [6.45, 7) is 11.0. The Hall–Kier alpha value is -0.570. The van der Waals surface area contributed by atoms with Gasteiger partial charge in [0.2, 0.25) is 5.91 Å². The van der Waals surface area contributed by atoms with E-state index in [1.54, 1.807) is 0 Å². The van der Waals surface area contributed by atoms with Crippen molar-refractivity contribution in [2.75, 3.05) is 33.7 Å². The molecule has 0 N–H and O–H groups in total. The van der Waals surface area contributed by atoms with Gasteiger partial charge in [-0.2, -0.15) is 0 Å². The third-order valence-corrected chi connectivity index (χ3v) is 2.25. The maximum absolute atomic E-state index is 11.4. The van der Waals surface area contributed by atoms with Crippen molar-refractivity contribution in [2.45, 2.75) is 40.5 Å². The summed E-state index contributed by atoms with van der Waals surface area (Å²) in [5, 5.41) is 0. The molecule has 0 atom stereocenters. The van der Waals surface area contributed by atoms with Crippen molar-refractivity contribution in [3.05, 3.63) is 0 Å². The summed E-state index contributed by atoms with van der Waals surface area (Å²) in [4.78, 5) is 15.4. The molecule has 0 rings (SSSR count). The van der Waals surface area contributed by atoms with E-state index in [4.69, 9.17) is 0 Å². The number of rotatable bonds is 6. The van der Waals surface area contributed by atoms with Gasteiger partial charge in [0.25, 0.3) is 0 Å². The predicted molar refractivity (Wildman–Crippen MR) is 67.1 cm³/mol. The molecule has 15 heavy (non-hydrogen) atoms. The quantitative estimate of drug-likeness (QED) is 0.680. The Kier molecular flexibility index (Phi) is 12.9. The highest BCUT2D eigenvalue weighted by molar-refractivity contribution is 5.75. The molecule has 0 saturated carbocycles. The first-order valence-electron chi connectivity index (χ1n) is 6.04. The molecule has 0 spiro atoms. The van der Waals surface area contributed by atoms with Crippen LogP contribution in [-0.4, -0.2) is 49.4 Å². The molecule has 0 aromatic heterocycles. The van der Waals surface area contributed by atoms with Gasteiger partial charge in [0, 0.05) is 26.6 Å². The molecule has 0 unspecified atom stereocenters. The third kappa shape index (κ3) is 9.73. The van der Waals surface area contributed by atoms with Crippen LogP contribution in [0.25, 0.3) is 0 Å². The van der Waals surface area contributed by atoms with Crippen LogP contribution in [0.5, 0.6) is 0 Å². The average molecular weight is 216 g/mol. The Bertz CT molecular complexity index is 149. The second-order valence-electron chi connectivity index (χ2n) is 3.46. The first-order valence-corrected chi connectivity index (χ1v) is 6.04. The minimum absolute atomic E-state index is 0.256. The Morgan fingerprint density at radius 3 is 2.00 bits per heavy atom. The molecule has 0 bridgehead atoms. The largest absolute Gasteiger partial charge is 0.344 e. The summed E-state index contributed by atoms with van der Waals surface area (Å²) < 4.78 is 0. The molecule has 0 fully saturated rings. The van der Waals surface area contributed by atoms with E-state index in [1.807, 2.05) is 32.7 Å². The number of carbonyl (C=O) groups excluding carboxylic acids is 1. The number of nitrogens with zero attached hydrogens (tertiary/aromatic N) is 2. The summed E-state index contributed by atoms with van der Waals surface area (Å²) in [5.74, 6) is 0.256. The lowest BCUT2D eigenvalue weighted by Crippen LogP contribution is -2.34. The fourth-order valence-corrected chi connectivity index (χ4v) is 1.01. The highest BCUT2D eigenvalue weighted by Gasteiger charge is 2.06. The number of hydrogen-bond acceptors (Lipinski definition) is 2. The molecule has 0 radical (unpaired) electrons. The van der Waals surface area contributed by atoms with Gasteiger partial charge < -0.3 is 9.80 Å². The Balaban J connectivity index is 0. The zero-order valence-electron chi connectivity index (χ0n) is 11.3. The number of carbonyl (C=O) groups is 1. The fourth-order valence-electron chi connectivity index (χ4n) is 1.01. The van der Waals surface area contributed by atoms with E-state index in [-0.39, 0.29) is 5.91 Å². The second kappa shape index (κ2) is 11.5. The first kappa shape index (κ1) is 16.8. The first-order chi connectivity index (χ1) is 7.11. The van der Waals surface area contributed by atoms with E-state index in [9.17, 15) is 4.79 Å². The maximum atomic E-state index is 11.4. The van der Waals surface area contributed by atoms with Crippen molar-refractivity contribution in [1.29, 1.82) is 0 Å². The monoisotopic (exact) mass is 216 g/mol. The van der Waals surface area contributed by atoms with E-state index in [0.717, 1.165) is 26.1 Å². The van der Waals surface area contributed by atoms with E-state index in [2.05, 4.69) is 18.9 Å². The Morgan fingerprint density at radius 1 is 1.07 bits per heavy atom. The van der Waals surface area contributed by atoms with Crippen LogP contribution in [0, 0.1) is 0 Å². The van der Waals surface area contributed by atoms with Gasteiger partial charge >= 0.3 is 0 Å². The fraction of sp³-hybridized carbons (Fsp3) is 0.917. The maximum Gasteiger partial charge on any atom is 0.222 e. The van der Waals surface area contributed by atoms with Crippen LogP contribution in [0.2, 0.25) is 0 Å². The summed E-state index contributed by atoms with van der Waals surface area (Å²) in [6.07, 6.45) is 1.61. The molecule has 0 aromatic carbocycles. The lowest BCUT2D eigenvalue weighted by Gasteiger charge is -2.20. The minimum Gasteiger partial charge on any atom is -0.344 e. The van der Waals surface area contributed by atoms with E-state index < -0.39 is 0 Å². The minimum atomic E-state index is 0.256. The van der Waals surface area contributed by atoms with Crippen LogP contribution in [0.3, 0.4) is 0 Å². The van der Waals surface area contributed by atoms with Gasteiger partial charge in [-0.05, 0) is 20.0 Å². The van der Waals surface area contributed by atoms with Crippen LogP contribution in [0.4, 0.5) is 0 Å². The molecule has 3 nitrogen and oxygen atoms in total. The lowest BCUT2D eigenvalue weighted by molar-refractivity contribution is -0.130. The number of likely N-dealkylation sites (N-methyl/N-ethyl adjacent to an activating group) is 2. The Labute approximate surface area is 95.4 Å².